The molecule has 4 unspecified atom stereocenters. The van der Waals surface area contributed by atoms with E-state index < -0.39 is 0 Å². The summed E-state index contributed by atoms with van der Waals surface area (Å²) >= 11 is 1.36. The van der Waals surface area contributed by atoms with Crippen LogP contribution in [0.4, 0.5) is 5.13 Å². The fourth-order valence-corrected chi connectivity index (χ4v) is 4.57. The van der Waals surface area contributed by atoms with Gasteiger partial charge < -0.3 is 0 Å². The van der Waals surface area contributed by atoms with Crippen LogP contribution < -0.4 is 4.90 Å². The molecule has 2 heterocycles. The summed E-state index contributed by atoms with van der Waals surface area (Å²) in [4.78, 5) is 30.2. The molecule has 0 aromatic carbocycles. The number of thiazole rings is 1. The first-order chi connectivity index (χ1) is 8.27. The normalized spacial score (nSPS) is 39.2. The molecule has 3 fully saturated rings. The van der Waals surface area contributed by atoms with Gasteiger partial charge in [-0.2, -0.15) is 0 Å². The zero-order chi connectivity index (χ0) is 11.6. The Hall–Kier alpha value is -1.23. The number of hydrogen-bond acceptors (Lipinski definition) is 4. The van der Waals surface area contributed by atoms with Crippen molar-refractivity contribution in [2.24, 2.45) is 23.7 Å². The predicted octanol–water partition coefficient (Wildman–Crippen LogP) is 1.68. The number of fused-ring (bicyclic) bond motifs is 5. The third kappa shape index (κ3) is 1.10. The van der Waals surface area contributed by atoms with Gasteiger partial charge in [-0.1, -0.05) is 0 Å². The van der Waals surface area contributed by atoms with Crippen molar-refractivity contribution in [2.45, 2.75) is 19.3 Å². The molecule has 4 rings (SSSR count). The summed E-state index contributed by atoms with van der Waals surface area (Å²) in [6, 6.07) is 0. The highest BCUT2D eigenvalue weighted by Crippen LogP contribution is 2.56. The second kappa shape index (κ2) is 3.16. The monoisotopic (exact) mass is 248 g/mol. The highest BCUT2D eigenvalue weighted by atomic mass is 32.1. The number of carbonyl (C=O) groups excluding carboxylic acids is 2. The molecule has 88 valence electrons. The number of amides is 2. The third-order valence-corrected chi connectivity index (χ3v) is 5.29. The fraction of sp³-hybridized carbons (Fsp3) is 0.583. The lowest BCUT2D eigenvalue weighted by Gasteiger charge is -2.19. The molecule has 1 aromatic heterocycles. The Bertz CT molecular complexity index is 471. The molecular formula is C12H12N2O2S. The van der Waals surface area contributed by atoms with Crippen molar-refractivity contribution in [2.75, 3.05) is 4.90 Å². The zero-order valence-corrected chi connectivity index (χ0v) is 10.0. The number of rotatable bonds is 1. The van der Waals surface area contributed by atoms with Crippen molar-refractivity contribution < 1.29 is 9.59 Å². The molecule has 4 atom stereocenters. The van der Waals surface area contributed by atoms with Crippen molar-refractivity contribution in [1.82, 2.24) is 4.98 Å². The van der Waals surface area contributed by atoms with Crippen LogP contribution in [0.3, 0.4) is 0 Å². The van der Waals surface area contributed by atoms with Gasteiger partial charge in [-0.05, 0) is 31.1 Å². The van der Waals surface area contributed by atoms with E-state index in [1.54, 1.807) is 11.6 Å². The third-order valence-electron chi connectivity index (χ3n) is 4.54. The molecule has 5 heteroatoms. The molecule has 4 nitrogen and oxygen atoms in total. The lowest BCUT2D eigenvalue weighted by molar-refractivity contribution is -0.123. The average molecular weight is 248 g/mol. The lowest BCUT2D eigenvalue weighted by atomic mass is 9.81. The molecule has 2 amide bonds. The molecule has 1 aliphatic heterocycles. The Morgan fingerprint density at radius 2 is 1.82 bits per heavy atom. The van der Waals surface area contributed by atoms with Crippen molar-refractivity contribution in [1.29, 1.82) is 0 Å². The van der Waals surface area contributed by atoms with Crippen LogP contribution in [0, 0.1) is 23.7 Å². The highest BCUT2D eigenvalue weighted by Gasteiger charge is 2.61. The first kappa shape index (κ1) is 9.76. The largest absolute Gasteiger partial charge is 0.274 e. The summed E-state index contributed by atoms with van der Waals surface area (Å²) in [5.74, 6) is 0.831. The zero-order valence-electron chi connectivity index (χ0n) is 9.20. The summed E-state index contributed by atoms with van der Waals surface area (Å²) in [6.45, 7) is 0. The first-order valence-corrected chi connectivity index (χ1v) is 6.92. The van der Waals surface area contributed by atoms with Gasteiger partial charge in [0.2, 0.25) is 11.8 Å². The van der Waals surface area contributed by atoms with Gasteiger partial charge in [0, 0.05) is 11.6 Å². The smallest absolute Gasteiger partial charge is 0.239 e. The molecule has 2 aliphatic carbocycles. The molecule has 1 aromatic rings. The van der Waals surface area contributed by atoms with E-state index in [1.165, 1.54) is 16.2 Å². The second-order valence-corrected chi connectivity index (χ2v) is 6.08. The van der Waals surface area contributed by atoms with Crippen LogP contribution in [0.1, 0.15) is 19.3 Å². The molecular weight excluding hydrogens is 236 g/mol. The average Bonchev–Trinajstić information content (AvgIpc) is 3.03. The van der Waals surface area contributed by atoms with Crippen LogP contribution in [-0.4, -0.2) is 16.8 Å². The minimum atomic E-state index is -0.0369. The Morgan fingerprint density at radius 3 is 2.35 bits per heavy atom. The number of carbonyl (C=O) groups is 2. The molecule has 1 saturated heterocycles. The van der Waals surface area contributed by atoms with Crippen LogP contribution in [0.15, 0.2) is 11.6 Å². The van der Waals surface area contributed by atoms with Crippen molar-refractivity contribution in [3.63, 3.8) is 0 Å². The molecule has 2 saturated carbocycles. The molecule has 0 spiro atoms. The highest BCUT2D eigenvalue weighted by molar-refractivity contribution is 7.14. The van der Waals surface area contributed by atoms with Crippen LogP contribution in [0.2, 0.25) is 0 Å². The van der Waals surface area contributed by atoms with Crippen LogP contribution in [0.25, 0.3) is 0 Å². The Kier molecular flexibility index (Phi) is 1.82. The molecule has 0 N–H and O–H groups in total. The summed E-state index contributed by atoms with van der Waals surface area (Å²) in [6.07, 6.45) is 4.97. The van der Waals surface area contributed by atoms with Crippen molar-refractivity contribution >= 4 is 28.3 Å². The molecule has 17 heavy (non-hydrogen) atoms. The van der Waals surface area contributed by atoms with E-state index in [9.17, 15) is 9.59 Å². The summed E-state index contributed by atoms with van der Waals surface area (Å²) < 4.78 is 0. The number of imide groups is 1. The van der Waals surface area contributed by atoms with E-state index in [4.69, 9.17) is 0 Å². The van der Waals surface area contributed by atoms with E-state index in [-0.39, 0.29) is 23.7 Å². The number of aromatic nitrogens is 1. The maximum absolute atomic E-state index is 12.4. The number of nitrogens with zero attached hydrogens (tertiary/aromatic N) is 2. The van der Waals surface area contributed by atoms with Gasteiger partial charge in [0.05, 0.1) is 11.8 Å². The topological polar surface area (TPSA) is 50.3 Å². The summed E-state index contributed by atoms with van der Waals surface area (Å²) in [5.41, 5.74) is 0. The van der Waals surface area contributed by atoms with Crippen LogP contribution >= 0.6 is 11.3 Å². The Balaban J connectivity index is 1.77. The van der Waals surface area contributed by atoms with E-state index >= 15 is 0 Å². The van der Waals surface area contributed by atoms with Gasteiger partial charge in [-0.25, -0.2) is 9.88 Å². The maximum atomic E-state index is 12.4. The summed E-state index contributed by atoms with van der Waals surface area (Å²) in [7, 11) is 0. The van der Waals surface area contributed by atoms with Gasteiger partial charge in [0.1, 0.15) is 0 Å². The molecule has 2 bridgehead atoms. The van der Waals surface area contributed by atoms with Crippen molar-refractivity contribution in [3.8, 4) is 0 Å². The fourth-order valence-electron chi connectivity index (χ4n) is 3.92. The Labute approximate surface area is 103 Å². The van der Waals surface area contributed by atoms with Gasteiger partial charge >= 0.3 is 0 Å². The minimum Gasteiger partial charge on any atom is -0.274 e. The van der Waals surface area contributed by atoms with Gasteiger partial charge in [-0.15, -0.1) is 11.3 Å². The van der Waals surface area contributed by atoms with E-state index in [2.05, 4.69) is 4.98 Å². The lowest BCUT2D eigenvalue weighted by Crippen LogP contribution is -2.32. The predicted molar refractivity (Wildman–Crippen MR) is 62.4 cm³/mol. The summed E-state index contributed by atoms with van der Waals surface area (Å²) in [5, 5.41) is 2.35. The van der Waals surface area contributed by atoms with Crippen molar-refractivity contribution in [3.05, 3.63) is 11.6 Å². The molecule has 3 aliphatic rings. The number of anilines is 1. The minimum absolute atomic E-state index is 0.00199. The first-order valence-electron chi connectivity index (χ1n) is 6.04. The quantitative estimate of drug-likeness (QED) is 0.710. The van der Waals surface area contributed by atoms with Crippen LogP contribution in [-0.2, 0) is 9.59 Å². The second-order valence-electron chi connectivity index (χ2n) is 5.21. The van der Waals surface area contributed by atoms with E-state index in [1.807, 2.05) is 0 Å². The standard InChI is InChI=1S/C12H12N2O2S/c15-10-8-6-1-2-7(5-6)9(8)11(16)14(10)12-13-3-4-17-12/h3-4,6-9H,1-2,5H2. The Morgan fingerprint density at radius 1 is 1.18 bits per heavy atom. The molecule has 0 radical (unpaired) electrons. The van der Waals surface area contributed by atoms with Crippen LogP contribution in [0.5, 0.6) is 0 Å². The number of hydrogen-bond donors (Lipinski definition) is 0. The SMILES string of the molecule is O=C1C2C3CCC(C3)C2C(=O)N1c1nccs1. The maximum Gasteiger partial charge on any atom is 0.239 e. The van der Waals surface area contributed by atoms with Gasteiger partial charge in [0.25, 0.3) is 0 Å². The van der Waals surface area contributed by atoms with Gasteiger partial charge in [0.15, 0.2) is 5.13 Å². The van der Waals surface area contributed by atoms with E-state index in [0.717, 1.165) is 19.3 Å². The van der Waals surface area contributed by atoms with E-state index in [0.29, 0.717) is 17.0 Å². The van der Waals surface area contributed by atoms with Gasteiger partial charge in [-0.3, -0.25) is 9.59 Å².